The predicted molar refractivity (Wildman–Crippen MR) is 89.6 cm³/mol. The summed E-state index contributed by atoms with van der Waals surface area (Å²) in [6, 6.07) is 4.66. The number of rotatable bonds is 5. The van der Waals surface area contributed by atoms with Gasteiger partial charge in [-0.1, -0.05) is 26.8 Å². The molecule has 0 bridgehead atoms. The summed E-state index contributed by atoms with van der Waals surface area (Å²) < 4.78 is 13.3. The van der Waals surface area contributed by atoms with Crippen LogP contribution < -0.4 is 10.6 Å². The van der Waals surface area contributed by atoms with Crippen LogP contribution in [-0.4, -0.2) is 24.2 Å². The molecule has 1 aromatic carbocycles. The fraction of sp³-hybridized carbons (Fsp3) is 0.588. The van der Waals surface area contributed by atoms with Crippen molar-refractivity contribution < 1.29 is 9.50 Å². The molecule has 0 radical (unpaired) electrons. The Balaban J connectivity index is 2.46. The van der Waals surface area contributed by atoms with Crippen molar-refractivity contribution in [3.8, 4) is 5.75 Å². The number of halogens is 1. The minimum absolute atomic E-state index is 0.307. The first-order chi connectivity index (χ1) is 10.2. The van der Waals surface area contributed by atoms with Gasteiger partial charge in [-0.25, -0.2) is 4.39 Å². The van der Waals surface area contributed by atoms with Crippen LogP contribution in [0.4, 0.5) is 4.39 Å². The van der Waals surface area contributed by atoms with Gasteiger partial charge in [0.1, 0.15) is 0 Å². The Labute approximate surface area is 132 Å². The van der Waals surface area contributed by atoms with Crippen molar-refractivity contribution in [3.05, 3.63) is 29.6 Å². The number of hydrogen-bond acceptors (Lipinski definition) is 2. The van der Waals surface area contributed by atoms with Gasteiger partial charge in [0.05, 0.1) is 0 Å². The van der Waals surface area contributed by atoms with Crippen LogP contribution in [0.5, 0.6) is 5.75 Å². The zero-order chi connectivity index (χ0) is 16.8. The molecule has 124 valence electrons. The third-order valence-electron chi connectivity index (χ3n) is 3.41. The molecule has 0 spiro atoms. The van der Waals surface area contributed by atoms with E-state index in [9.17, 15) is 9.50 Å². The van der Waals surface area contributed by atoms with E-state index >= 15 is 0 Å². The van der Waals surface area contributed by atoms with Crippen LogP contribution in [0.15, 0.2) is 23.2 Å². The lowest BCUT2D eigenvalue weighted by Crippen LogP contribution is -2.42. The fourth-order valence-corrected chi connectivity index (χ4v) is 2.00. The number of aliphatic imine (C=N–C) groups is 1. The molecule has 1 atom stereocenters. The molecular weight excluding hydrogens is 281 g/mol. The second-order valence-corrected chi connectivity index (χ2v) is 6.86. The van der Waals surface area contributed by atoms with Gasteiger partial charge in [0.2, 0.25) is 0 Å². The van der Waals surface area contributed by atoms with Crippen LogP contribution in [0.25, 0.3) is 0 Å². The number of guanidine groups is 1. The van der Waals surface area contributed by atoms with E-state index in [2.05, 4.69) is 43.3 Å². The lowest BCUT2D eigenvalue weighted by molar-refractivity contribution is 0.346. The molecule has 0 aliphatic rings. The van der Waals surface area contributed by atoms with E-state index in [1.54, 1.807) is 13.1 Å². The van der Waals surface area contributed by atoms with Crippen molar-refractivity contribution in [3.63, 3.8) is 0 Å². The zero-order valence-electron chi connectivity index (χ0n) is 14.2. The van der Waals surface area contributed by atoms with Gasteiger partial charge >= 0.3 is 0 Å². The highest BCUT2D eigenvalue weighted by atomic mass is 19.1. The van der Waals surface area contributed by atoms with Crippen LogP contribution in [0.1, 0.15) is 46.1 Å². The molecule has 0 aliphatic heterocycles. The summed E-state index contributed by atoms with van der Waals surface area (Å²) in [6.45, 7) is 9.26. The molecule has 1 aromatic rings. The van der Waals surface area contributed by atoms with Gasteiger partial charge in [0, 0.05) is 19.6 Å². The van der Waals surface area contributed by atoms with E-state index in [1.165, 1.54) is 12.1 Å². The van der Waals surface area contributed by atoms with E-state index in [0.717, 1.165) is 18.4 Å². The maximum Gasteiger partial charge on any atom is 0.191 e. The molecule has 1 unspecified atom stereocenters. The van der Waals surface area contributed by atoms with Gasteiger partial charge in [-0.15, -0.1) is 0 Å². The highest BCUT2D eigenvalue weighted by Crippen LogP contribution is 2.21. The molecule has 0 saturated carbocycles. The van der Waals surface area contributed by atoms with Crippen molar-refractivity contribution in [1.82, 2.24) is 10.6 Å². The second-order valence-electron chi connectivity index (χ2n) is 6.86. The minimum Gasteiger partial charge on any atom is -0.505 e. The third-order valence-corrected chi connectivity index (χ3v) is 3.41. The summed E-state index contributed by atoms with van der Waals surface area (Å²) in [5.74, 6) is -0.252. The summed E-state index contributed by atoms with van der Waals surface area (Å²) >= 11 is 0. The number of nitrogens with one attached hydrogen (secondary N) is 2. The first-order valence-corrected chi connectivity index (χ1v) is 7.66. The van der Waals surface area contributed by atoms with Crippen molar-refractivity contribution in [2.75, 3.05) is 7.05 Å². The second kappa shape index (κ2) is 8.01. The van der Waals surface area contributed by atoms with Gasteiger partial charge < -0.3 is 15.7 Å². The summed E-state index contributed by atoms with van der Waals surface area (Å²) in [5, 5.41) is 15.7. The van der Waals surface area contributed by atoms with Crippen molar-refractivity contribution in [1.29, 1.82) is 0 Å². The molecule has 0 amide bonds. The Kier molecular flexibility index (Phi) is 6.65. The van der Waals surface area contributed by atoms with E-state index in [-0.39, 0.29) is 5.75 Å². The van der Waals surface area contributed by atoms with Gasteiger partial charge in [0.25, 0.3) is 0 Å². The quantitative estimate of drug-likeness (QED) is 0.577. The smallest absolute Gasteiger partial charge is 0.191 e. The SMILES string of the molecule is CN=C(NCc1ccc(O)c(F)c1)NC(C)CCC(C)(C)C. The highest BCUT2D eigenvalue weighted by molar-refractivity contribution is 5.79. The molecule has 0 heterocycles. The number of nitrogens with zero attached hydrogens (tertiary/aromatic N) is 1. The predicted octanol–water partition coefficient (Wildman–Crippen LogP) is 3.41. The molecule has 4 nitrogen and oxygen atoms in total. The summed E-state index contributed by atoms with van der Waals surface area (Å²) in [4.78, 5) is 4.18. The molecule has 1 rings (SSSR count). The largest absolute Gasteiger partial charge is 0.505 e. The normalized spacial score (nSPS) is 13.8. The molecule has 22 heavy (non-hydrogen) atoms. The van der Waals surface area contributed by atoms with E-state index in [1.807, 2.05) is 0 Å². The first kappa shape index (κ1) is 18.3. The Bertz CT molecular complexity index is 509. The number of phenols is 1. The number of hydrogen-bond donors (Lipinski definition) is 3. The third kappa shape index (κ3) is 6.78. The van der Waals surface area contributed by atoms with E-state index in [4.69, 9.17) is 0 Å². The number of phenolic OH excluding ortho intramolecular Hbond substituents is 1. The van der Waals surface area contributed by atoms with Gasteiger partial charge in [-0.3, -0.25) is 4.99 Å². The number of benzene rings is 1. The Morgan fingerprint density at radius 3 is 2.59 bits per heavy atom. The lowest BCUT2D eigenvalue weighted by atomic mass is 9.89. The zero-order valence-corrected chi connectivity index (χ0v) is 14.2. The Hall–Kier alpha value is -1.78. The standard InChI is InChI=1S/C17H28FN3O/c1-12(8-9-17(2,3)4)21-16(19-5)20-11-13-6-7-15(22)14(18)10-13/h6-7,10,12,22H,8-9,11H2,1-5H3,(H2,19,20,21). The molecule has 0 fully saturated rings. The fourth-order valence-electron chi connectivity index (χ4n) is 2.00. The van der Waals surface area contributed by atoms with Crippen LogP contribution in [-0.2, 0) is 6.54 Å². The van der Waals surface area contributed by atoms with Crippen LogP contribution >= 0.6 is 0 Å². The van der Waals surface area contributed by atoms with Gasteiger partial charge in [0.15, 0.2) is 17.5 Å². The van der Waals surface area contributed by atoms with Crippen LogP contribution in [0.3, 0.4) is 0 Å². The molecule has 3 N–H and O–H groups in total. The molecule has 5 heteroatoms. The maximum atomic E-state index is 13.3. The highest BCUT2D eigenvalue weighted by Gasteiger charge is 2.13. The molecule has 0 saturated heterocycles. The van der Waals surface area contributed by atoms with Gasteiger partial charge in [-0.05, 0) is 42.9 Å². The van der Waals surface area contributed by atoms with Crippen molar-refractivity contribution in [2.24, 2.45) is 10.4 Å². The summed E-state index contributed by atoms with van der Waals surface area (Å²) in [6.07, 6.45) is 2.18. The Morgan fingerprint density at radius 1 is 1.36 bits per heavy atom. The minimum atomic E-state index is -0.610. The van der Waals surface area contributed by atoms with E-state index in [0.29, 0.717) is 24.0 Å². The van der Waals surface area contributed by atoms with Crippen LogP contribution in [0.2, 0.25) is 0 Å². The van der Waals surface area contributed by atoms with E-state index < -0.39 is 5.82 Å². The topological polar surface area (TPSA) is 56.7 Å². The summed E-state index contributed by atoms with van der Waals surface area (Å²) in [5.41, 5.74) is 1.07. The van der Waals surface area contributed by atoms with Gasteiger partial charge in [-0.2, -0.15) is 0 Å². The maximum absolute atomic E-state index is 13.3. The molecular formula is C17H28FN3O. The average Bonchev–Trinajstić information content (AvgIpc) is 2.44. The Morgan fingerprint density at radius 2 is 2.05 bits per heavy atom. The first-order valence-electron chi connectivity index (χ1n) is 7.66. The average molecular weight is 309 g/mol. The molecule has 0 aliphatic carbocycles. The van der Waals surface area contributed by atoms with Crippen molar-refractivity contribution >= 4 is 5.96 Å². The lowest BCUT2D eigenvalue weighted by Gasteiger charge is -2.23. The number of aromatic hydroxyl groups is 1. The monoisotopic (exact) mass is 309 g/mol. The summed E-state index contributed by atoms with van der Waals surface area (Å²) in [7, 11) is 1.71. The molecule has 0 aromatic heterocycles. The van der Waals surface area contributed by atoms with Crippen molar-refractivity contribution in [2.45, 2.75) is 53.1 Å². The van der Waals surface area contributed by atoms with Crippen LogP contribution in [0, 0.1) is 11.2 Å².